The Morgan fingerprint density at radius 3 is 2.92 bits per heavy atom. The number of hydrogen-bond donors (Lipinski definition) is 1. The summed E-state index contributed by atoms with van der Waals surface area (Å²) < 4.78 is 0. The van der Waals surface area contributed by atoms with Gasteiger partial charge in [0.2, 0.25) is 0 Å². The molecule has 1 saturated heterocycles. The van der Waals surface area contributed by atoms with Crippen LogP contribution >= 0.6 is 0 Å². The average molecular weight is 168 g/mol. The minimum absolute atomic E-state index is 0.763. The van der Waals surface area contributed by atoms with Crippen molar-refractivity contribution in [1.29, 1.82) is 0 Å². The van der Waals surface area contributed by atoms with Crippen LogP contribution in [0.15, 0.2) is 12.2 Å². The third kappa shape index (κ3) is 2.61. The Morgan fingerprint density at radius 2 is 2.42 bits per heavy atom. The molecule has 12 heavy (non-hydrogen) atoms. The van der Waals surface area contributed by atoms with Crippen LogP contribution in [0.3, 0.4) is 0 Å². The molecule has 1 N–H and O–H groups in total. The van der Waals surface area contributed by atoms with E-state index in [1.54, 1.807) is 0 Å². The lowest BCUT2D eigenvalue weighted by molar-refractivity contribution is 0.290. The maximum atomic E-state index is 4.04. The second-order valence-corrected chi connectivity index (χ2v) is 3.74. The lowest BCUT2D eigenvalue weighted by atomic mass is 10.2. The van der Waals surface area contributed by atoms with Crippen LogP contribution in [0, 0.1) is 0 Å². The van der Waals surface area contributed by atoms with E-state index in [2.05, 4.69) is 23.7 Å². The molecule has 0 saturated carbocycles. The highest BCUT2D eigenvalue weighted by Gasteiger charge is 2.19. The van der Waals surface area contributed by atoms with Crippen LogP contribution in [0.5, 0.6) is 0 Å². The molecule has 70 valence electrons. The smallest absolute Gasteiger partial charge is 0.0205 e. The van der Waals surface area contributed by atoms with Crippen LogP contribution in [0.2, 0.25) is 0 Å². The first-order valence-corrected chi connectivity index (χ1v) is 4.79. The van der Waals surface area contributed by atoms with Gasteiger partial charge in [0.05, 0.1) is 0 Å². The number of hydrogen-bond acceptors (Lipinski definition) is 2. The predicted octanol–water partition coefficient (Wildman–Crippen LogP) is 1.25. The normalized spacial score (nSPS) is 24.7. The van der Waals surface area contributed by atoms with Gasteiger partial charge in [-0.2, -0.15) is 0 Å². The van der Waals surface area contributed by atoms with E-state index < -0.39 is 0 Å². The second-order valence-electron chi connectivity index (χ2n) is 3.74. The lowest BCUT2D eigenvalue weighted by Gasteiger charge is -2.21. The minimum atomic E-state index is 0.763. The van der Waals surface area contributed by atoms with E-state index in [0.717, 1.165) is 19.1 Å². The summed E-state index contributed by atoms with van der Waals surface area (Å²) in [7, 11) is 1.97. The van der Waals surface area contributed by atoms with Gasteiger partial charge in [-0.15, -0.1) is 0 Å². The van der Waals surface area contributed by atoms with E-state index in [1.165, 1.54) is 25.0 Å². The van der Waals surface area contributed by atoms with Crippen LogP contribution in [0.1, 0.15) is 19.8 Å². The molecule has 0 aromatic rings. The van der Waals surface area contributed by atoms with Crippen molar-refractivity contribution in [1.82, 2.24) is 10.2 Å². The summed E-state index contributed by atoms with van der Waals surface area (Å²) in [6.07, 6.45) is 2.71. The highest BCUT2D eigenvalue weighted by molar-refractivity contribution is 5.00. The zero-order valence-corrected chi connectivity index (χ0v) is 8.27. The van der Waals surface area contributed by atoms with Crippen LogP contribution < -0.4 is 5.32 Å². The molecule has 1 fully saturated rings. The van der Waals surface area contributed by atoms with E-state index in [1.807, 2.05) is 7.05 Å². The first kappa shape index (κ1) is 9.75. The molecule has 1 rings (SSSR count). The summed E-state index contributed by atoms with van der Waals surface area (Å²) in [5, 5.41) is 3.13. The van der Waals surface area contributed by atoms with Gasteiger partial charge >= 0.3 is 0 Å². The van der Waals surface area contributed by atoms with Crippen LogP contribution in [-0.4, -0.2) is 37.6 Å². The van der Waals surface area contributed by atoms with Crippen molar-refractivity contribution >= 4 is 0 Å². The molecule has 2 nitrogen and oxygen atoms in total. The number of likely N-dealkylation sites (tertiary alicyclic amines) is 1. The Kier molecular flexibility index (Phi) is 3.76. The van der Waals surface area contributed by atoms with Gasteiger partial charge in [0.15, 0.2) is 0 Å². The number of rotatable bonds is 4. The standard InChI is InChI=1S/C10H20N2/c1-9(7-11-3)8-12-6-4-5-10(12)2/h10-11H,1,4-8H2,2-3H3. The zero-order valence-electron chi connectivity index (χ0n) is 8.27. The Bertz CT molecular complexity index is 154. The molecule has 0 spiro atoms. The SMILES string of the molecule is C=C(CNC)CN1CCCC1C. The van der Waals surface area contributed by atoms with Gasteiger partial charge in [0, 0.05) is 19.1 Å². The number of likely N-dealkylation sites (N-methyl/N-ethyl adjacent to an activating group) is 1. The molecule has 0 radical (unpaired) electrons. The van der Waals surface area contributed by atoms with Gasteiger partial charge in [-0.05, 0) is 38.9 Å². The van der Waals surface area contributed by atoms with Crippen molar-refractivity contribution in [3.63, 3.8) is 0 Å². The summed E-state index contributed by atoms with van der Waals surface area (Å²) in [4.78, 5) is 2.51. The van der Waals surface area contributed by atoms with E-state index in [4.69, 9.17) is 0 Å². The molecule has 0 aromatic heterocycles. The topological polar surface area (TPSA) is 15.3 Å². The molecule has 1 atom stereocenters. The van der Waals surface area contributed by atoms with E-state index in [-0.39, 0.29) is 0 Å². The molecule has 0 aromatic carbocycles. The third-order valence-corrected chi connectivity index (χ3v) is 2.54. The zero-order chi connectivity index (χ0) is 8.97. The van der Waals surface area contributed by atoms with Gasteiger partial charge in [-0.3, -0.25) is 4.90 Å². The fraction of sp³-hybridized carbons (Fsp3) is 0.800. The van der Waals surface area contributed by atoms with Crippen molar-refractivity contribution in [3.05, 3.63) is 12.2 Å². The van der Waals surface area contributed by atoms with Gasteiger partial charge < -0.3 is 5.32 Å². The highest BCUT2D eigenvalue weighted by Crippen LogP contribution is 2.16. The summed E-state index contributed by atoms with van der Waals surface area (Å²) >= 11 is 0. The lowest BCUT2D eigenvalue weighted by Crippen LogP contribution is -2.30. The fourth-order valence-corrected chi connectivity index (χ4v) is 1.82. The highest BCUT2D eigenvalue weighted by atomic mass is 15.2. The van der Waals surface area contributed by atoms with E-state index >= 15 is 0 Å². The first-order chi connectivity index (χ1) is 5.74. The molecule has 0 bridgehead atoms. The van der Waals surface area contributed by atoms with Crippen LogP contribution in [-0.2, 0) is 0 Å². The van der Waals surface area contributed by atoms with Crippen molar-refractivity contribution in [2.24, 2.45) is 0 Å². The predicted molar refractivity (Wildman–Crippen MR) is 53.3 cm³/mol. The second kappa shape index (κ2) is 4.63. The average Bonchev–Trinajstić information content (AvgIpc) is 2.37. The Labute approximate surface area is 75.6 Å². The third-order valence-electron chi connectivity index (χ3n) is 2.54. The van der Waals surface area contributed by atoms with Crippen molar-refractivity contribution < 1.29 is 0 Å². The number of nitrogens with zero attached hydrogens (tertiary/aromatic N) is 1. The van der Waals surface area contributed by atoms with Crippen molar-refractivity contribution in [2.45, 2.75) is 25.8 Å². The Hall–Kier alpha value is -0.340. The molecule has 1 aliphatic heterocycles. The molecule has 0 amide bonds. The summed E-state index contributed by atoms with van der Waals surface area (Å²) in [6, 6.07) is 0.763. The molecular formula is C10H20N2. The first-order valence-electron chi connectivity index (χ1n) is 4.79. The molecule has 1 heterocycles. The van der Waals surface area contributed by atoms with Gasteiger partial charge in [-0.25, -0.2) is 0 Å². The van der Waals surface area contributed by atoms with Gasteiger partial charge in [0.25, 0.3) is 0 Å². The van der Waals surface area contributed by atoms with Crippen LogP contribution in [0.25, 0.3) is 0 Å². The van der Waals surface area contributed by atoms with Crippen molar-refractivity contribution in [3.8, 4) is 0 Å². The Balaban J connectivity index is 2.25. The Morgan fingerprint density at radius 1 is 1.67 bits per heavy atom. The maximum Gasteiger partial charge on any atom is 0.0205 e. The summed E-state index contributed by atoms with van der Waals surface area (Å²) in [6.45, 7) is 9.62. The van der Waals surface area contributed by atoms with Crippen molar-refractivity contribution in [2.75, 3.05) is 26.7 Å². The van der Waals surface area contributed by atoms with E-state index in [0.29, 0.717) is 0 Å². The summed E-state index contributed by atoms with van der Waals surface area (Å²) in [5.74, 6) is 0. The quantitative estimate of drug-likeness (QED) is 0.635. The molecule has 1 unspecified atom stereocenters. The molecule has 0 aliphatic carbocycles. The molecule has 2 heteroatoms. The van der Waals surface area contributed by atoms with E-state index in [9.17, 15) is 0 Å². The number of nitrogens with one attached hydrogen (secondary N) is 1. The van der Waals surface area contributed by atoms with Gasteiger partial charge in [0.1, 0.15) is 0 Å². The minimum Gasteiger partial charge on any atom is -0.316 e. The molecular weight excluding hydrogens is 148 g/mol. The van der Waals surface area contributed by atoms with Crippen LogP contribution in [0.4, 0.5) is 0 Å². The molecule has 1 aliphatic rings. The maximum absolute atomic E-state index is 4.04. The largest absolute Gasteiger partial charge is 0.316 e. The summed E-state index contributed by atoms with van der Waals surface area (Å²) in [5.41, 5.74) is 1.30. The fourth-order valence-electron chi connectivity index (χ4n) is 1.82. The monoisotopic (exact) mass is 168 g/mol. The van der Waals surface area contributed by atoms with Gasteiger partial charge in [-0.1, -0.05) is 6.58 Å².